The molecule has 0 amide bonds. The van der Waals surface area contributed by atoms with E-state index < -0.39 is 10.0 Å². The standard InChI is InChI=1S/C15H15N3O5S2/c1-9-6-11(21-2)12(22-3)7-13(9)25(19,20)18-15-16-14(23-17-15)10-4-5-24-8-10/h4-8H,1-3H3,(H,17,18). The molecule has 0 aliphatic rings. The van der Waals surface area contributed by atoms with Crippen LogP contribution in [0.15, 0.2) is 38.4 Å². The minimum atomic E-state index is -3.93. The van der Waals surface area contributed by atoms with Gasteiger partial charge in [0.1, 0.15) is 0 Å². The highest BCUT2D eigenvalue weighted by molar-refractivity contribution is 7.92. The summed E-state index contributed by atoms with van der Waals surface area (Å²) in [5.41, 5.74) is 1.22. The topological polar surface area (TPSA) is 104 Å². The second-order valence-electron chi connectivity index (χ2n) is 5.01. The number of sulfonamides is 1. The number of rotatable bonds is 6. The Bertz CT molecular complexity index is 981. The van der Waals surface area contributed by atoms with Gasteiger partial charge in [0.2, 0.25) is 0 Å². The first-order valence-electron chi connectivity index (χ1n) is 7.06. The van der Waals surface area contributed by atoms with Crippen molar-refractivity contribution >= 4 is 27.3 Å². The molecule has 0 saturated heterocycles. The summed E-state index contributed by atoms with van der Waals surface area (Å²) in [4.78, 5) is 4.09. The summed E-state index contributed by atoms with van der Waals surface area (Å²) in [6.45, 7) is 1.66. The summed E-state index contributed by atoms with van der Waals surface area (Å²) in [7, 11) is -1.01. The fraction of sp³-hybridized carbons (Fsp3) is 0.200. The van der Waals surface area contributed by atoms with Crippen molar-refractivity contribution in [3.8, 4) is 23.0 Å². The first-order valence-corrected chi connectivity index (χ1v) is 9.49. The van der Waals surface area contributed by atoms with Crippen LogP contribution in [-0.4, -0.2) is 32.8 Å². The molecule has 0 radical (unpaired) electrons. The summed E-state index contributed by atoms with van der Waals surface area (Å²) in [5.74, 6) is 0.845. The highest BCUT2D eigenvalue weighted by Gasteiger charge is 2.23. The first-order chi connectivity index (χ1) is 11.9. The Hall–Kier alpha value is -2.59. The van der Waals surface area contributed by atoms with Crippen molar-refractivity contribution in [2.45, 2.75) is 11.8 Å². The van der Waals surface area contributed by atoms with Crippen molar-refractivity contribution < 1.29 is 22.4 Å². The lowest BCUT2D eigenvalue weighted by atomic mass is 10.2. The Morgan fingerprint density at radius 3 is 2.56 bits per heavy atom. The number of ether oxygens (including phenoxy) is 2. The molecule has 0 aliphatic heterocycles. The molecule has 0 atom stereocenters. The van der Waals surface area contributed by atoms with Crippen LogP contribution < -0.4 is 14.2 Å². The van der Waals surface area contributed by atoms with Gasteiger partial charge in [-0.05, 0) is 35.2 Å². The molecule has 0 saturated carbocycles. The van der Waals surface area contributed by atoms with Crippen LogP contribution in [0.5, 0.6) is 11.5 Å². The maximum atomic E-state index is 12.7. The lowest BCUT2D eigenvalue weighted by Crippen LogP contribution is -2.15. The zero-order chi connectivity index (χ0) is 18.0. The molecule has 1 aromatic carbocycles. The van der Waals surface area contributed by atoms with E-state index in [1.54, 1.807) is 19.1 Å². The highest BCUT2D eigenvalue weighted by atomic mass is 32.2. The molecule has 25 heavy (non-hydrogen) atoms. The molecule has 1 N–H and O–H groups in total. The van der Waals surface area contributed by atoms with Crippen LogP contribution in [0.25, 0.3) is 11.5 Å². The zero-order valence-electron chi connectivity index (χ0n) is 13.6. The first kappa shape index (κ1) is 17.2. The van der Waals surface area contributed by atoms with Gasteiger partial charge in [-0.3, -0.25) is 0 Å². The van der Waals surface area contributed by atoms with Gasteiger partial charge in [0.05, 0.1) is 24.7 Å². The van der Waals surface area contributed by atoms with Crippen LogP contribution in [0.2, 0.25) is 0 Å². The second kappa shape index (κ2) is 6.73. The number of aryl methyl sites for hydroxylation is 1. The van der Waals surface area contributed by atoms with Crippen molar-refractivity contribution in [3.63, 3.8) is 0 Å². The fourth-order valence-corrected chi connectivity index (χ4v) is 4.00. The van der Waals surface area contributed by atoms with E-state index in [0.29, 0.717) is 17.1 Å². The number of nitrogens with zero attached hydrogens (tertiary/aromatic N) is 2. The predicted octanol–water partition coefficient (Wildman–Crippen LogP) is 2.92. The number of thiophene rings is 1. The third-order valence-electron chi connectivity index (χ3n) is 3.39. The van der Waals surface area contributed by atoms with E-state index in [4.69, 9.17) is 14.0 Å². The maximum absolute atomic E-state index is 12.7. The normalized spacial score (nSPS) is 11.3. The van der Waals surface area contributed by atoms with E-state index >= 15 is 0 Å². The molecule has 8 nitrogen and oxygen atoms in total. The molecule has 0 aliphatic carbocycles. The van der Waals surface area contributed by atoms with Gasteiger partial charge in [-0.25, -0.2) is 13.1 Å². The fourth-order valence-electron chi connectivity index (χ4n) is 2.19. The van der Waals surface area contributed by atoms with Crippen LogP contribution in [-0.2, 0) is 10.0 Å². The quantitative estimate of drug-likeness (QED) is 0.700. The van der Waals surface area contributed by atoms with Gasteiger partial charge < -0.3 is 14.0 Å². The van der Waals surface area contributed by atoms with Gasteiger partial charge in [0.15, 0.2) is 11.5 Å². The summed E-state index contributed by atoms with van der Waals surface area (Å²) >= 11 is 1.47. The van der Waals surface area contributed by atoms with Crippen molar-refractivity contribution in [1.29, 1.82) is 0 Å². The van der Waals surface area contributed by atoms with Gasteiger partial charge in [-0.1, -0.05) is 0 Å². The molecule has 3 rings (SSSR count). The number of benzene rings is 1. The van der Waals surface area contributed by atoms with Gasteiger partial charge in [-0.15, -0.1) is 0 Å². The van der Waals surface area contributed by atoms with Crippen molar-refractivity contribution in [1.82, 2.24) is 10.1 Å². The third kappa shape index (κ3) is 3.44. The van der Waals surface area contributed by atoms with E-state index in [1.807, 2.05) is 10.8 Å². The van der Waals surface area contributed by atoms with E-state index in [-0.39, 0.29) is 16.7 Å². The summed E-state index contributed by atoms with van der Waals surface area (Å²) in [6.07, 6.45) is 0. The lowest BCUT2D eigenvalue weighted by Gasteiger charge is -2.13. The van der Waals surface area contributed by atoms with Crippen molar-refractivity contribution in [2.24, 2.45) is 0 Å². The van der Waals surface area contributed by atoms with Crippen molar-refractivity contribution in [2.75, 3.05) is 18.9 Å². The van der Waals surface area contributed by atoms with Gasteiger partial charge >= 0.3 is 0 Å². The van der Waals surface area contributed by atoms with Crippen LogP contribution in [0.4, 0.5) is 5.95 Å². The molecule has 10 heteroatoms. The Morgan fingerprint density at radius 1 is 1.20 bits per heavy atom. The van der Waals surface area contributed by atoms with E-state index in [2.05, 4.69) is 14.9 Å². The van der Waals surface area contributed by atoms with E-state index in [1.165, 1.54) is 31.6 Å². The van der Waals surface area contributed by atoms with Crippen LogP contribution in [0.3, 0.4) is 0 Å². The average molecular weight is 381 g/mol. The smallest absolute Gasteiger partial charge is 0.277 e. The van der Waals surface area contributed by atoms with Crippen LogP contribution in [0, 0.1) is 6.92 Å². The molecule has 0 fully saturated rings. The Morgan fingerprint density at radius 2 is 1.92 bits per heavy atom. The molecule has 0 bridgehead atoms. The maximum Gasteiger partial charge on any atom is 0.277 e. The number of aromatic nitrogens is 2. The Balaban J connectivity index is 1.92. The third-order valence-corrected chi connectivity index (χ3v) is 5.54. The molecule has 2 heterocycles. The Labute approximate surface area is 148 Å². The molecule has 3 aromatic rings. The minimum Gasteiger partial charge on any atom is -0.493 e. The largest absolute Gasteiger partial charge is 0.493 e. The molecule has 0 spiro atoms. The van der Waals surface area contributed by atoms with Crippen molar-refractivity contribution in [3.05, 3.63) is 34.5 Å². The number of hydrogen-bond acceptors (Lipinski definition) is 8. The lowest BCUT2D eigenvalue weighted by molar-refractivity contribution is 0.353. The van der Waals surface area contributed by atoms with Gasteiger partial charge in [0.25, 0.3) is 21.9 Å². The highest BCUT2D eigenvalue weighted by Crippen LogP contribution is 2.33. The number of nitrogens with one attached hydrogen (secondary N) is 1. The molecule has 2 aromatic heterocycles. The molecular formula is C15H15N3O5S2. The van der Waals surface area contributed by atoms with Gasteiger partial charge in [-0.2, -0.15) is 16.3 Å². The number of methoxy groups -OCH3 is 2. The van der Waals surface area contributed by atoms with Crippen LogP contribution >= 0.6 is 11.3 Å². The molecular weight excluding hydrogens is 366 g/mol. The van der Waals surface area contributed by atoms with E-state index in [0.717, 1.165) is 5.56 Å². The summed E-state index contributed by atoms with van der Waals surface area (Å²) < 4.78 is 43.0. The summed E-state index contributed by atoms with van der Waals surface area (Å²) in [6, 6.07) is 4.77. The molecule has 0 unspecified atom stereocenters. The number of anilines is 1. The van der Waals surface area contributed by atoms with E-state index in [9.17, 15) is 8.42 Å². The number of hydrogen-bond donors (Lipinski definition) is 1. The van der Waals surface area contributed by atoms with Gasteiger partial charge in [0, 0.05) is 11.4 Å². The predicted molar refractivity (Wildman–Crippen MR) is 92.7 cm³/mol. The second-order valence-corrected chi connectivity index (χ2v) is 7.44. The molecule has 132 valence electrons. The zero-order valence-corrected chi connectivity index (χ0v) is 15.3. The van der Waals surface area contributed by atoms with Crippen LogP contribution in [0.1, 0.15) is 5.56 Å². The SMILES string of the molecule is COc1cc(C)c(S(=O)(=O)Nc2noc(-c3ccsc3)n2)cc1OC. The average Bonchev–Trinajstić information content (AvgIpc) is 3.25. The monoisotopic (exact) mass is 381 g/mol. The summed E-state index contributed by atoms with van der Waals surface area (Å²) in [5, 5.41) is 7.34. The minimum absolute atomic E-state index is 0.0343. The Kier molecular flexibility index (Phi) is 4.64.